The van der Waals surface area contributed by atoms with Crippen LogP contribution in [-0.2, 0) is 6.16 Å². The summed E-state index contributed by atoms with van der Waals surface area (Å²) in [7, 11) is -0.317. The zero-order valence-electron chi connectivity index (χ0n) is 8.91. The number of halogens is 1. The van der Waals surface area contributed by atoms with Crippen molar-refractivity contribution in [1.82, 2.24) is 0 Å². The first-order valence-electron chi connectivity index (χ1n) is 5.13. The highest BCUT2D eigenvalue weighted by Crippen LogP contribution is 2.45. The fraction of sp³-hybridized carbons (Fsp3) is 0.500. The molecule has 0 saturated carbocycles. The molecule has 0 fully saturated rings. The van der Waals surface area contributed by atoms with Crippen LogP contribution in [0.2, 0.25) is 0 Å². The number of rotatable bonds is 5. The quantitative estimate of drug-likeness (QED) is 0.631. The van der Waals surface area contributed by atoms with Crippen molar-refractivity contribution in [1.29, 1.82) is 0 Å². The monoisotopic (exact) mass is 228 g/mol. The summed E-state index contributed by atoms with van der Waals surface area (Å²) < 4.78 is 0. The Balaban J connectivity index is 2.30. The van der Waals surface area contributed by atoms with Crippen molar-refractivity contribution in [2.24, 2.45) is 5.92 Å². The summed E-state index contributed by atoms with van der Waals surface area (Å²) >= 11 is 6.32. The summed E-state index contributed by atoms with van der Waals surface area (Å²) in [5, 5.41) is 0. The van der Waals surface area contributed by atoms with Crippen molar-refractivity contribution in [3.05, 3.63) is 35.9 Å². The molecule has 0 bridgehead atoms. The lowest BCUT2D eigenvalue weighted by atomic mass is 10.2. The largest absolute Gasteiger partial charge is 0.0961 e. The summed E-state index contributed by atoms with van der Waals surface area (Å²) in [6.07, 6.45) is 3.50. The van der Waals surface area contributed by atoms with E-state index >= 15 is 0 Å². The van der Waals surface area contributed by atoms with Crippen LogP contribution in [-0.4, -0.2) is 6.16 Å². The van der Waals surface area contributed by atoms with Gasteiger partial charge in [0.25, 0.3) is 0 Å². The molecule has 2 heteroatoms. The maximum atomic E-state index is 6.32. The Morgan fingerprint density at radius 3 is 2.43 bits per heavy atom. The molecule has 0 heterocycles. The van der Waals surface area contributed by atoms with Gasteiger partial charge in [-0.1, -0.05) is 55.4 Å². The van der Waals surface area contributed by atoms with Crippen molar-refractivity contribution in [3.8, 4) is 0 Å². The predicted octanol–water partition coefficient (Wildman–Crippen LogP) is 4.87. The Morgan fingerprint density at radius 1 is 1.21 bits per heavy atom. The fourth-order valence-corrected chi connectivity index (χ4v) is 3.53. The van der Waals surface area contributed by atoms with Gasteiger partial charge in [-0.25, -0.2) is 0 Å². The van der Waals surface area contributed by atoms with E-state index in [1.165, 1.54) is 18.1 Å². The first-order chi connectivity index (χ1) is 6.68. The van der Waals surface area contributed by atoms with Crippen LogP contribution in [0.5, 0.6) is 0 Å². The minimum Gasteiger partial charge on any atom is -0.0961 e. The molecular formula is C12H18ClP. The van der Waals surface area contributed by atoms with Gasteiger partial charge in [-0.15, -0.1) is 0 Å². The van der Waals surface area contributed by atoms with Gasteiger partial charge in [0.05, 0.1) is 0 Å². The normalized spacial score (nSPS) is 13.1. The van der Waals surface area contributed by atoms with E-state index in [4.69, 9.17) is 11.2 Å². The van der Waals surface area contributed by atoms with Crippen molar-refractivity contribution < 1.29 is 0 Å². The molecule has 78 valence electrons. The van der Waals surface area contributed by atoms with Crippen LogP contribution >= 0.6 is 18.5 Å². The summed E-state index contributed by atoms with van der Waals surface area (Å²) in [4.78, 5) is 0. The summed E-state index contributed by atoms with van der Waals surface area (Å²) in [6, 6.07) is 10.5. The molecule has 1 unspecified atom stereocenters. The molecule has 0 aliphatic heterocycles. The molecule has 1 aromatic rings. The van der Waals surface area contributed by atoms with E-state index in [9.17, 15) is 0 Å². The second-order valence-corrected chi connectivity index (χ2v) is 7.14. The second kappa shape index (κ2) is 6.43. The molecule has 0 radical (unpaired) electrons. The zero-order chi connectivity index (χ0) is 10.4. The van der Waals surface area contributed by atoms with Gasteiger partial charge >= 0.3 is 0 Å². The molecule has 0 spiro atoms. The molecule has 0 amide bonds. The third-order valence-corrected chi connectivity index (χ3v) is 4.46. The van der Waals surface area contributed by atoms with Crippen LogP contribution in [0.15, 0.2) is 30.3 Å². The van der Waals surface area contributed by atoms with Crippen molar-refractivity contribution in [2.45, 2.75) is 26.4 Å². The van der Waals surface area contributed by atoms with E-state index < -0.39 is 0 Å². The Bertz CT molecular complexity index is 246. The van der Waals surface area contributed by atoms with Crippen molar-refractivity contribution in [3.63, 3.8) is 0 Å². The predicted molar refractivity (Wildman–Crippen MR) is 67.2 cm³/mol. The van der Waals surface area contributed by atoms with Crippen molar-refractivity contribution in [2.75, 3.05) is 6.16 Å². The fourth-order valence-electron chi connectivity index (χ4n) is 1.26. The molecule has 14 heavy (non-hydrogen) atoms. The maximum absolute atomic E-state index is 6.32. The molecular weight excluding hydrogens is 211 g/mol. The first kappa shape index (κ1) is 12.0. The third-order valence-electron chi connectivity index (χ3n) is 2.15. The van der Waals surface area contributed by atoms with Gasteiger partial charge in [-0.3, -0.25) is 0 Å². The average Bonchev–Trinajstić information content (AvgIpc) is 2.16. The summed E-state index contributed by atoms with van der Waals surface area (Å²) in [5.74, 6) is 0.773. The van der Waals surface area contributed by atoms with E-state index in [-0.39, 0.29) is 7.27 Å². The van der Waals surface area contributed by atoms with Gasteiger partial charge in [0.1, 0.15) is 0 Å². The zero-order valence-corrected chi connectivity index (χ0v) is 10.6. The molecule has 0 nitrogen and oxygen atoms in total. The van der Waals surface area contributed by atoms with E-state index in [2.05, 4.69) is 38.1 Å². The molecule has 0 saturated heterocycles. The van der Waals surface area contributed by atoms with Gasteiger partial charge in [0.15, 0.2) is 0 Å². The summed E-state index contributed by atoms with van der Waals surface area (Å²) in [6.45, 7) is 4.51. The molecule has 0 aromatic heterocycles. The number of benzene rings is 1. The highest BCUT2D eigenvalue weighted by atomic mass is 35.7. The topological polar surface area (TPSA) is 0 Å². The molecule has 1 atom stereocenters. The van der Waals surface area contributed by atoms with Gasteiger partial charge < -0.3 is 0 Å². The Hall–Kier alpha value is -0.0600. The van der Waals surface area contributed by atoms with E-state index in [1.807, 2.05) is 6.07 Å². The summed E-state index contributed by atoms with van der Waals surface area (Å²) in [5.41, 5.74) is 1.37. The highest BCUT2D eigenvalue weighted by molar-refractivity contribution is 7.83. The van der Waals surface area contributed by atoms with E-state index in [1.54, 1.807) is 0 Å². The second-order valence-electron chi connectivity index (χ2n) is 4.01. The Kier molecular flexibility index (Phi) is 5.52. The maximum Gasteiger partial charge on any atom is 0.00658 e. The average molecular weight is 229 g/mol. The van der Waals surface area contributed by atoms with E-state index in [0.717, 1.165) is 12.1 Å². The lowest BCUT2D eigenvalue weighted by Gasteiger charge is -2.11. The minimum atomic E-state index is -0.317. The third kappa shape index (κ3) is 4.98. The van der Waals surface area contributed by atoms with Gasteiger partial charge in [0, 0.05) is 6.16 Å². The standard InChI is InChI=1S/C12H18ClP/c1-11(2)8-9-14(13)10-12-6-4-3-5-7-12/h3-7,11H,8-10H2,1-2H3. The number of hydrogen-bond donors (Lipinski definition) is 0. The molecule has 1 rings (SSSR count). The lowest BCUT2D eigenvalue weighted by Crippen LogP contribution is -1.91. The first-order valence-corrected chi connectivity index (χ1v) is 7.75. The number of hydrogen-bond acceptors (Lipinski definition) is 0. The van der Waals surface area contributed by atoms with Crippen LogP contribution in [0.25, 0.3) is 0 Å². The van der Waals surface area contributed by atoms with Crippen LogP contribution in [0.1, 0.15) is 25.8 Å². The highest BCUT2D eigenvalue weighted by Gasteiger charge is 2.06. The van der Waals surface area contributed by atoms with E-state index in [0.29, 0.717) is 0 Å². The van der Waals surface area contributed by atoms with Crippen LogP contribution < -0.4 is 0 Å². The molecule has 1 aromatic carbocycles. The smallest absolute Gasteiger partial charge is 0.00658 e. The lowest BCUT2D eigenvalue weighted by molar-refractivity contribution is 0.630. The van der Waals surface area contributed by atoms with Gasteiger partial charge in [-0.05, 0) is 31.3 Å². The van der Waals surface area contributed by atoms with Gasteiger partial charge in [-0.2, -0.15) is 0 Å². The van der Waals surface area contributed by atoms with Crippen LogP contribution in [0, 0.1) is 5.92 Å². The van der Waals surface area contributed by atoms with Crippen molar-refractivity contribution >= 4 is 18.5 Å². The Morgan fingerprint density at radius 2 is 1.86 bits per heavy atom. The molecule has 0 N–H and O–H groups in total. The Labute approximate surface area is 93.2 Å². The van der Waals surface area contributed by atoms with Crippen LogP contribution in [0.3, 0.4) is 0 Å². The van der Waals surface area contributed by atoms with Gasteiger partial charge in [0.2, 0.25) is 0 Å². The molecule has 0 aliphatic carbocycles. The van der Waals surface area contributed by atoms with Crippen LogP contribution in [0.4, 0.5) is 0 Å². The SMILES string of the molecule is CC(C)CCP(Cl)Cc1ccccc1. The molecule has 0 aliphatic rings. The minimum absolute atomic E-state index is 0.317.